The molecule has 1 aromatic rings. The number of hydrogen-bond acceptors (Lipinski definition) is 2. The van der Waals surface area contributed by atoms with Crippen LogP contribution in [0.4, 0.5) is 0 Å². The zero-order valence-electron chi connectivity index (χ0n) is 8.96. The first kappa shape index (κ1) is 12.2. The first-order valence-electron chi connectivity index (χ1n) is 5.46. The molecule has 1 aliphatic heterocycles. The second-order valence-electron chi connectivity index (χ2n) is 4.18. The lowest BCUT2D eigenvalue weighted by molar-refractivity contribution is 0.0584. The molecule has 0 unspecified atom stereocenters. The van der Waals surface area contributed by atoms with Crippen LogP contribution in [0.1, 0.15) is 24.4 Å². The molecule has 2 rings (SSSR count). The van der Waals surface area contributed by atoms with Crippen LogP contribution in [0.5, 0.6) is 0 Å². The number of rotatable bonds is 2. The average Bonchev–Trinajstić information content (AvgIpc) is 2.28. The van der Waals surface area contributed by atoms with Crippen LogP contribution < -0.4 is 5.73 Å². The lowest BCUT2D eigenvalue weighted by Gasteiger charge is -2.28. The zero-order chi connectivity index (χ0) is 11.5. The predicted molar refractivity (Wildman–Crippen MR) is 66.9 cm³/mol. The van der Waals surface area contributed by atoms with Crippen molar-refractivity contribution in [3.63, 3.8) is 0 Å². The quantitative estimate of drug-likeness (QED) is 0.884. The molecule has 1 atom stereocenters. The highest BCUT2D eigenvalue weighted by Gasteiger charge is 2.22. The molecule has 0 amide bonds. The van der Waals surface area contributed by atoms with Crippen molar-refractivity contribution in [3.05, 3.63) is 33.8 Å². The Hall–Kier alpha value is -0.280. The lowest BCUT2D eigenvalue weighted by Crippen LogP contribution is -2.27. The number of hydrogen-bond donors (Lipinski definition) is 1. The molecule has 0 bridgehead atoms. The Kier molecular flexibility index (Phi) is 4.09. The third kappa shape index (κ3) is 2.89. The van der Waals surface area contributed by atoms with Crippen molar-refractivity contribution in [2.45, 2.75) is 18.9 Å². The van der Waals surface area contributed by atoms with Crippen LogP contribution >= 0.6 is 23.2 Å². The van der Waals surface area contributed by atoms with E-state index in [1.165, 1.54) is 0 Å². The number of halogens is 2. The van der Waals surface area contributed by atoms with E-state index in [4.69, 9.17) is 33.7 Å². The molecule has 2 nitrogen and oxygen atoms in total. The van der Waals surface area contributed by atoms with Gasteiger partial charge in [0.2, 0.25) is 0 Å². The molecule has 1 aliphatic rings. The number of ether oxygens (including phenoxy) is 1. The molecule has 1 heterocycles. The van der Waals surface area contributed by atoms with Crippen LogP contribution in [-0.4, -0.2) is 13.2 Å². The maximum Gasteiger partial charge on any atom is 0.0469 e. The molecule has 1 fully saturated rings. The summed E-state index contributed by atoms with van der Waals surface area (Å²) >= 11 is 11.9. The zero-order valence-corrected chi connectivity index (χ0v) is 10.5. The van der Waals surface area contributed by atoms with Crippen LogP contribution in [0.2, 0.25) is 10.0 Å². The van der Waals surface area contributed by atoms with E-state index >= 15 is 0 Å². The van der Waals surface area contributed by atoms with Crippen LogP contribution in [0.3, 0.4) is 0 Å². The SMILES string of the molecule is N[C@@H](c1cc(Cl)cc(Cl)c1)C1CCOCC1. The van der Waals surface area contributed by atoms with Crippen molar-refractivity contribution in [2.24, 2.45) is 11.7 Å². The van der Waals surface area contributed by atoms with E-state index in [2.05, 4.69) is 0 Å². The van der Waals surface area contributed by atoms with Crippen LogP contribution in [0.15, 0.2) is 18.2 Å². The van der Waals surface area contributed by atoms with E-state index in [1.54, 1.807) is 6.07 Å². The molecule has 2 N–H and O–H groups in total. The van der Waals surface area contributed by atoms with Crippen molar-refractivity contribution < 1.29 is 4.74 Å². The number of benzene rings is 1. The highest BCUT2D eigenvalue weighted by Crippen LogP contribution is 2.31. The lowest BCUT2D eigenvalue weighted by atomic mass is 9.88. The molecule has 0 spiro atoms. The fourth-order valence-corrected chi connectivity index (χ4v) is 2.66. The Balaban J connectivity index is 2.15. The molecule has 16 heavy (non-hydrogen) atoms. The van der Waals surface area contributed by atoms with E-state index in [1.807, 2.05) is 12.1 Å². The minimum atomic E-state index is 0.0000926. The molecule has 1 saturated heterocycles. The minimum absolute atomic E-state index is 0.0000926. The van der Waals surface area contributed by atoms with Gasteiger partial charge >= 0.3 is 0 Å². The van der Waals surface area contributed by atoms with E-state index in [9.17, 15) is 0 Å². The molecule has 0 aliphatic carbocycles. The molecule has 1 aromatic carbocycles. The Morgan fingerprint density at radius 2 is 1.69 bits per heavy atom. The summed E-state index contributed by atoms with van der Waals surface area (Å²) in [6.07, 6.45) is 2.01. The van der Waals surface area contributed by atoms with Crippen molar-refractivity contribution in [1.29, 1.82) is 0 Å². The summed E-state index contributed by atoms with van der Waals surface area (Å²) in [6.45, 7) is 1.60. The largest absolute Gasteiger partial charge is 0.381 e. The maximum absolute atomic E-state index is 6.23. The van der Waals surface area contributed by atoms with Crippen molar-refractivity contribution in [3.8, 4) is 0 Å². The van der Waals surface area contributed by atoms with Crippen LogP contribution in [0, 0.1) is 5.92 Å². The first-order valence-corrected chi connectivity index (χ1v) is 6.22. The summed E-state index contributed by atoms with van der Waals surface area (Å²) in [4.78, 5) is 0. The topological polar surface area (TPSA) is 35.2 Å². The highest BCUT2D eigenvalue weighted by atomic mass is 35.5. The number of nitrogens with two attached hydrogens (primary N) is 1. The molecule has 4 heteroatoms. The summed E-state index contributed by atoms with van der Waals surface area (Å²) in [6, 6.07) is 5.52. The molecule has 0 saturated carbocycles. The van der Waals surface area contributed by atoms with Crippen molar-refractivity contribution >= 4 is 23.2 Å². The summed E-state index contributed by atoms with van der Waals surface area (Å²) in [7, 11) is 0. The average molecular weight is 260 g/mol. The molecular formula is C12H15Cl2NO. The Morgan fingerprint density at radius 1 is 1.12 bits per heavy atom. The van der Waals surface area contributed by atoms with Gasteiger partial charge in [0, 0.05) is 29.3 Å². The summed E-state index contributed by atoms with van der Waals surface area (Å²) in [5.41, 5.74) is 7.25. The molecule has 0 aromatic heterocycles. The van der Waals surface area contributed by atoms with Gasteiger partial charge in [-0.05, 0) is 42.5 Å². The van der Waals surface area contributed by atoms with Gasteiger partial charge in [-0.15, -0.1) is 0 Å². The van der Waals surface area contributed by atoms with Crippen LogP contribution in [-0.2, 0) is 4.74 Å². The van der Waals surface area contributed by atoms with E-state index in [-0.39, 0.29) is 6.04 Å². The van der Waals surface area contributed by atoms with E-state index in [0.717, 1.165) is 31.6 Å². The Labute approximate surface area is 106 Å². The Morgan fingerprint density at radius 3 is 2.25 bits per heavy atom. The smallest absolute Gasteiger partial charge is 0.0469 e. The normalized spacial score (nSPS) is 19.7. The van der Waals surface area contributed by atoms with Gasteiger partial charge in [0.15, 0.2) is 0 Å². The van der Waals surface area contributed by atoms with E-state index in [0.29, 0.717) is 16.0 Å². The summed E-state index contributed by atoms with van der Waals surface area (Å²) in [5, 5.41) is 1.29. The predicted octanol–water partition coefficient (Wildman–Crippen LogP) is 3.42. The van der Waals surface area contributed by atoms with Gasteiger partial charge in [0.25, 0.3) is 0 Å². The van der Waals surface area contributed by atoms with Gasteiger partial charge in [-0.25, -0.2) is 0 Å². The molecule has 0 radical (unpaired) electrons. The third-order valence-corrected chi connectivity index (χ3v) is 3.48. The Bertz CT molecular complexity index is 344. The van der Waals surface area contributed by atoms with Crippen molar-refractivity contribution in [1.82, 2.24) is 0 Å². The van der Waals surface area contributed by atoms with Gasteiger partial charge in [-0.2, -0.15) is 0 Å². The maximum atomic E-state index is 6.23. The fourth-order valence-electron chi connectivity index (χ4n) is 2.11. The van der Waals surface area contributed by atoms with Gasteiger partial charge in [0.1, 0.15) is 0 Å². The summed E-state index contributed by atoms with van der Waals surface area (Å²) < 4.78 is 5.33. The molecule has 88 valence electrons. The minimum Gasteiger partial charge on any atom is -0.381 e. The first-order chi connectivity index (χ1) is 7.66. The van der Waals surface area contributed by atoms with Gasteiger partial charge in [-0.3, -0.25) is 0 Å². The van der Waals surface area contributed by atoms with Gasteiger partial charge < -0.3 is 10.5 Å². The fraction of sp³-hybridized carbons (Fsp3) is 0.500. The third-order valence-electron chi connectivity index (χ3n) is 3.04. The monoisotopic (exact) mass is 259 g/mol. The van der Waals surface area contributed by atoms with E-state index < -0.39 is 0 Å². The molecular weight excluding hydrogens is 245 g/mol. The summed E-state index contributed by atoms with van der Waals surface area (Å²) in [5.74, 6) is 0.461. The van der Waals surface area contributed by atoms with Gasteiger partial charge in [0.05, 0.1) is 0 Å². The second-order valence-corrected chi connectivity index (χ2v) is 5.05. The second kappa shape index (κ2) is 5.37. The standard InChI is InChI=1S/C12H15Cl2NO/c13-10-5-9(6-11(14)7-10)12(15)8-1-3-16-4-2-8/h5-8,12H,1-4,15H2/t12-/m1/s1. The van der Waals surface area contributed by atoms with Gasteiger partial charge in [-0.1, -0.05) is 23.2 Å². The van der Waals surface area contributed by atoms with Crippen molar-refractivity contribution in [2.75, 3.05) is 13.2 Å². The highest BCUT2D eigenvalue weighted by molar-refractivity contribution is 6.34. The van der Waals surface area contributed by atoms with Crippen LogP contribution in [0.25, 0.3) is 0 Å².